The smallest absolute Gasteiger partial charge is 0.303 e. The van der Waals surface area contributed by atoms with Crippen LogP contribution < -0.4 is 5.56 Å². The summed E-state index contributed by atoms with van der Waals surface area (Å²) >= 11 is 0. The molecule has 0 fully saturated rings. The molecule has 0 saturated heterocycles. The number of alkyl halides is 3. The van der Waals surface area contributed by atoms with Crippen molar-refractivity contribution in [3.63, 3.8) is 0 Å². The Hall–Kier alpha value is -2.29. The standard InChI is InChI=1S/C14H12F4N4O/c15-9-3-8(4-19-5-9)6-22-2-1-11-10(7-22)12(23)21-13(20-11)14(16,17)18/h3-5H,1-2,6-7H2,(H,20,21,23). The molecule has 0 unspecified atom stereocenters. The first-order chi connectivity index (χ1) is 10.8. The van der Waals surface area contributed by atoms with Gasteiger partial charge in [0.2, 0.25) is 5.82 Å². The Morgan fingerprint density at radius 2 is 2.09 bits per heavy atom. The van der Waals surface area contributed by atoms with Gasteiger partial charge in [0.15, 0.2) is 0 Å². The highest BCUT2D eigenvalue weighted by molar-refractivity contribution is 5.22. The lowest BCUT2D eigenvalue weighted by atomic mass is 10.1. The van der Waals surface area contributed by atoms with E-state index in [4.69, 9.17) is 0 Å². The topological polar surface area (TPSA) is 61.9 Å². The fourth-order valence-electron chi connectivity index (χ4n) is 2.55. The number of aromatic amines is 1. The number of halogens is 4. The summed E-state index contributed by atoms with van der Waals surface area (Å²) in [7, 11) is 0. The molecule has 0 aromatic carbocycles. The number of H-pyrrole nitrogens is 1. The Balaban J connectivity index is 1.83. The molecule has 3 heterocycles. The fraction of sp³-hybridized carbons (Fsp3) is 0.357. The summed E-state index contributed by atoms with van der Waals surface area (Å²) in [5, 5.41) is 0. The van der Waals surface area contributed by atoms with Crippen molar-refractivity contribution in [1.82, 2.24) is 19.9 Å². The van der Waals surface area contributed by atoms with Crippen molar-refractivity contribution in [3.8, 4) is 0 Å². The highest BCUT2D eigenvalue weighted by Gasteiger charge is 2.35. The molecule has 23 heavy (non-hydrogen) atoms. The van der Waals surface area contributed by atoms with Gasteiger partial charge in [-0.3, -0.25) is 14.7 Å². The molecule has 0 aliphatic carbocycles. The summed E-state index contributed by atoms with van der Waals surface area (Å²) < 4.78 is 51.1. The van der Waals surface area contributed by atoms with Crippen LogP contribution >= 0.6 is 0 Å². The molecule has 0 atom stereocenters. The van der Waals surface area contributed by atoms with E-state index in [9.17, 15) is 22.4 Å². The van der Waals surface area contributed by atoms with Crippen molar-refractivity contribution >= 4 is 0 Å². The van der Waals surface area contributed by atoms with Gasteiger partial charge in [0.05, 0.1) is 17.5 Å². The number of nitrogens with one attached hydrogen (secondary N) is 1. The third-order valence-electron chi connectivity index (χ3n) is 3.58. The summed E-state index contributed by atoms with van der Waals surface area (Å²) in [4.78, 5) is 22.8. The lowest BCUT2D eigenvalue weighted by molar-refractivity contribution is -0.145. The van der Waals surface area contributed by atoms with Gasteiger partial charge in [-0.05, 0) is 11.6 Å². The van der Waals surface area contributed by atoms with Crippen LogP contribution in [0.25, 0.3) is 0 Å². The van der Waals surface area contributed by atoms with Crippen LogP contribution in [0.15, 0.2) is 23.3 Å². The van der Waals surface area contributed by atoms with Crippen molar-refractivity contribution in [2.45, 2.75) is 25.7 Å². The number of nitrogens with zero attached hydrogens (tertiary/aromatic N) is 3. The molecule has 0 amide bonds. The molecule has 2 aromatic heterocycles. The lowest BCUT2D eigenvalue weighted by Crippen LogP contribution is -2.36. The van der Waals surface area contributed by atoms with Gasteiger partial charge < -0.3 is 4.98 Å². The molecule has 1 N–H and O–H groups in total. The van der Waals surface area contributed by atoms with Gasteiger partial charge in [0, 0.05) is 32.3 Å². The van der Waals surface area contributed by atoms with E-state index in [1.807, 2.05) is 4.90 Å². The first kappa shape index (κ1) is 15.6. The maximum atomic E-state index is 13.1. The van der Waals surface area contributed by atoms with E-state index in [1.165, 1.54) is 12.3 Å². The molecule has 122 valence electrons. The van der Waals surface area contributed by atoms with E-state index < -0.39 is 23.4 Å². The average molecular weight is 328 g/mol. The van der Waals surface area contributed by atoms with Crippen molar-refractivity contribution in [1.29, 1.82) is 0 Å². The van der Waals surface area contributed by atoms with Crippen molar-refractivity contribution < 1.29 is 17.6 Å². The minimum absolute atomic E-state index is 0.159. The van der Waals surface area contributed by atoms with E-state index in [1.54, 1.807) is 4.98 Å². The third kappa shape index (κ3) is 3.39. The van der Waals surface area contributed by atoms with Crippen LogP contribution in [0.5, 0.6) is 0 Å². The predicted octanol–water partition coefficient (Wildman–Crippen LogP) is 1.88. The van der Waals surface area contributed by atoms with Gasteiger partial charge in [-0.25, -0.2) is 9.37 Å². The normalized spacial score (nSPS) is 15.5. The van der Waals surface area contributed by atoms with Crippen LogP contribution in [0, 0.1) is 5.82 Å². The first-order valence-corrected chi connectivity index (χ1v) is 6.84. The number of hydrogen-bond donors (Lipinski definition) is 1. The van der Waals surface area contributed by atoms with Gasteiger partial charge in [0.25, 0.3) is 5.56 Å². The number of pyridine rings is 1. The maximum absolute atomic E-state index is 13.1. The Bertz CT molecular complexity index is 787. The van der Waals surface area contributed by atoms with E-state index in [0.717, 1.165) is 6.20 Å². The zero-order valence-electron chi connectivity index (χ0n) is 11.8. The second kappa shape index (κ2) is 5.73. The van der Waals surface area contributed by atoms with E-state index in [0.29, 0.717) is 18.7 Å². The van der Waals surface area contributed by atoms with Crippen molar-refractivity contribution in [2.24, 2.45) is 0 Å². The van der Waals surface area contributed by atoms with Gasteiger partial charge in [-0.1, -0.05) is 0 Å². The van der Waals surface area contributed by atoms with Crippen LogP contribution in [0.1, 0.15) is 22.6 Å². The zero-order chi connectivity index (χ0) is 16.6. The molecule has 1 aliphatic rings. The maximum Gasteiger partial charge on any atom is 0.449 e. The van der Waals surface area contributed by atoms with Gasteiger partial charge in [-0.2, -0.15) is 13.2 Å². The third-order valence-corrected chi connectivity index (χ3v) is 3.58. The van der Waals surface area contributed by atoms with E-state index in [2.05, 4.69) is 9.97 Å². The number of rotatable bonds is 2. The molecule has 3 rings (SSSR count). The molecule has 0 radical (unpaired) electrons. The molecule has 2 aromatic rings. The number of aromatic nitrogens is 3. The molecule has 1 aliphatic heterocycles. The second-order valence-electron chi connectivity index (χ2n) is 5.31. The Morgan fingerprint density at radius 1 is 1.30 bits per heavy atom. The first-order valence-electron chi connectivity index (χ1n) is 6.84. The number of hydrogen-bond acceptors (Lipinski definition) is 4. The lowest BCUT2D eigenvalue weighted by Gasteiger charge is -2.27. The quantitative estimate of drug-likeness (QED) is 0.855. The average Bonchev–Trinajstić information content (AvgIpc) is 2.47. The fourth-order valence-corrected chi connectivity index (χ4v) is 2.55. The van der Waals surface area contributed by atoms with E-state index in [-0.39, 0.29) is 24.2 Å². The summed E-state index contributed by atoms with van der Waals surface area (Å²) in [5.74, 6) is -1.74. The van der Waals surface area contributed by atoms with Crippen molar-refractivity contribution in [2.75, 3.05) is 6.54 Å². The number of fused-ring (bicyclic) bond motifs is 1. The molecular weight excluding hydrogens is 316 g/mol. The minimum atomic E-state index is -4.68. The van der Waals surface area contributed by atoms with Gasteiger partial charge in [0.1, 0.15) is 5.82 Å². The van der Waals surface area contributed by atoms with Crippen LogP contribution in [0.3, 0.4) is 0 Å². The zero-order valence-corrected chi connectivity index (χ0v) is 11.8. The van der Waals surface area contributed by atoms with Crippen LogP contribution in [0.4, 0.5) is 17.6 Å². The van der Waals surface area contributed by atoms with Crippen LogP contribution in [0.2, 0.25) is 0 Å². The molecule has 0 saturated carbocycles. The van der Waals surface area contributed by atoms with Crippen molar-refractivity contribution in [3.05, 3.63) is 57.3 Å². The minimum Gasteiger partial charge on any atom is -0.303 e. The summed E-state index contributed by atoms with van der Waals surface area (Å²) in [5.41, 5.74) is 0.220. The highest BCUT2D eigenvalue weighted by atomic mass is 19.4. The SMILES string of the molecule is O=c1[nH]c(C(F)(F)F)nc2c1CN(Cc1cncc(F)c1)CC2. The molecule has 5 nitrogen and oxygen atoms in total. The Kier molecular flexibility index (Phi) is 3.88. The van der Waals surface area contributed by atoms with Crippen LogP contribution in [-0.4, -0.2) is 26.4 Å². The van der Waals surface area contributed by atoms with Gasteiger partial charge >= 0.3 is 6.18 Å². The highest BCUT2D eigenvalue weighted by Crippen LogP contribution is 2.26. The molecule has 9 heteroatoms. The van der Waals surface area contributed by atoms with E-state index >= 15 is 0 Å². The summed E-state index contributed by atoms with van der Waals surface area (Å²) in [6.07, 6.45) is -1.86. The summed E-state index contributed by atoms with van der Waals surface area (Å²) in [6.45, 7) is 0.939. The molecule has 0 spiro atoms. The monoisotopic (exact) mass is 328 g/mol. The predicted molar refractivity (Wildman–Crippen MR) is 71.9 cm³/mol. The Labute approximate surface area is 128 Å². The summed E-state index contributed by atoms with van der Waals surface area (Å²) in [6, 6.07) is 1.33. The van der Waals surface area contributed by atoms with Gasteiger partial charge in [-0.15, -0.1) is 0 Å². The second-order valence-corrected chi connectivity index (χ2v) is 5.31. The molecular formula is C14H12F4N4O. The molecule has 0 bridgehead atoms. The van der Waals surface area contributed by atoms with Crippen LogP contribution in [-0.2, 0) is 25.7 Å². The largest absolute Gasteiger partial charge is 0.449 e. The Morgan fingerprint density at radius 3 is 2.78 bits per heavy atom.